The number of phenolic OH excluding ortho intramolecular Hbond substituents is 1. The largest absolute Gasteiger partial charge is 0.508 e. The maximum absolute atomic E-state index is 10.2. The molecule has 0 aliphatic heterocycles. The van der Waals surface area contributed by atoms with E-state index in [1.807, 2.05) is 13.0 Å². The molecule has 1 aromatic rings. The molecule has 2 rings (SSSR count). The van der Waals surface area contributed by atoms with Crippen LogP contribution in [0.5, 0.6) is 5.75 Å². The zero-order valence-corrected chi connectivity index (χ0v) is 12.6. The van der Waals surface area contributed by atoms with Crippen LogP contribution >= 0.6 is 15.9 Å². The average Bonchev–Trinajstić information content (AvgIpc) is 2.39. The molecule has 0 amide bonds. The lowest BCUT2D eigenvalue weighted by molar-refractivity contribution is 0.306. The molecule has 1 N–H and O–H groups in total. The Hall–Kier alpha value is -0.500. The molecule has 0 heterocycles. The van der Waals surface area contributed by atoms with Gasteiger partial charge in [0.15, 0.2) is 0 Å². The lowest BCUT2D eigenvalue weighted by Crippen LogP contribution is -2.25. The van der Waals surface area contributed by atoms with Gasteiger partial charge in [-0.1, -0.05) is 48.8 Å². The minimum absolute atomic E-state index is 0.187. The summed E-state index contributed by atoms with van der Waals surface area (Å²) in [7, 11) is 0. The third kappa shape index (κ3) is 2.12. The number of rotatable bonds is 1. The molecule has 1 fully saturated rings. The Morgan fingerprint density at radius 2 is 2.00 bits per heavy atom. The first-order valence-electron chi connectivity index (χ1n) is 6.27. The van der Waals surface area contributed by atoms with Gasteiger partial charge in [0.25, 0.3) is 0 Å². The maximum Gasteiger partial charge on any atom is 0.119 e. The van der Waals surface area contributed by atoms with Crippen LogP contribution in [0, 0.1) is 18.3 Å². The standard InChI is InChI=1S/C15H21BrO/c1-9-5-6-11(12(17)7-9)14-10(2)8-13(16)15(14,3)4/h5-7,10,13-14,17H,8H2,1-4H3/t10-,13+,14?/m0/s1. The zero-order chi connectivity index (χ0) is 12.8. The minimum atomic E-state index is 0.187. The zero-order valence-electron chi connectivity index (χ0n) is 11.0. The predicted molar refractivity (Wildman–Crippen MR) is 75.9 cm³/mol. The van der Waals surface area contributed by atoms with Gasteiger partial charge in [0.2, 0.25) is 0 Å². The van der Waals surface area contributed by atoms with Crippen molar-refractivity contribution in [3.63, 3.8) is 0 Å². The van der Waals surface area contributed by atoms with E-state index in [1.165, 1.54) is 6.42 Å². The molecular weight excluding hydrogens is 276 g/mol. The van der Waals surface area contributed by atoms with E-state index >= 15 is 0 Å². The molecule has 1 unspecified atom stereocenters. The van der Waals surface area contributed by atoms with Gasteiger partial charge in [-0.05, 0) is 47.8 Å². The van der Waals surface area contributed by atoms with Crippen molar-refractivity contribution in [3.05, 3.63) is 29.3 Å². The molecule has 0 radical (unpaired) electrons. The van der Waals surface area contributed by atoms with Gasteiger partial charge in [0, 0.05) is 4.83 Å². The first-order chi connectivity index (χ1) is 7.84. The molecule has 1 nitrogen and oxygen atoms in total. The topological polar surface area (TPSA) is 20.2 Å². The highest BCUT2D eigenvalue weighted by atomic mass is 79.9. The summed E-state index contributed by atoms with van der Waals surface area (Å²) in [6.45, 7) is 8.88. The van der Waals surface area contributed by atoms with E-state index in [0.29, 0.717) is 22.4 Å². The Balaban J connectivity index is 2.45. The number of aryl methyl sites for hydroxylation is 1. The third-order valence-electron chi connectivity index (χ3n) is 4.28. The highest BCUT2D eigenvalue weighted by Gasteiger charge is 2.47. The first kappa shape index (κ1) is 12.9. The van der Waals surface area contributed by atoms with Gasteiger partial charge in [0.05, 0.1) is 0 Å². The molecule has 0 aromatic heterocycles. The number of aromatic hydroxyl groups is 1. The van der Waals surface area contributed by atoms with Crippen LogP contribution in [0.25, 0.3) is 0 Å². The summed E-state index contributed by atoms with van der Waals surface area (Å²) in [6, 6.07) is 6.07. The van der Waals surface area contributed by atoms with Gasteiger partial charge >= 0.3 is 0 Å². The van der Waals surface area contributed by atoms with Crippen LogP contribution in [0.3, 0.4) is 0 Å². The molecule has 2 heteroatoms. The van der Waals surface area contributed by atoms with Crippen LogP contribution in [-0.2, 0) is 0 Å². The molecule has 0 bridgehead atoms. The van der Waals surface area contributed by atoms with E-state index in [4.69, 9.17) is 0 Å². The van der Waals surface area contributed by atoms with Crippen LogP contribution in [0.15, 0.2) is 18.2 Å². The minimum Gasteiger partial charge on any atom is -0.508 e. The summed E-state index contributed by atoms with van der Waals surface area (Å²) in [5, 5.41) is 10.2. The first-order valence-corrected chi connectivity index (χ1v) is 7.19. The van der Waals surface area contributed by atoms with Crippen molar-refractivity contribution in [3.8, 4) is 5.75 Å². The van der Waals surface area contributed by atoms with E-state index in [-0.39, 0.29) is 5.41 Å². The normalized spacial score (nSPS) is 31.7. The SMILES string of the molecule is Cc1ccc(C2[C@@H](C)C[C@@H](Br)C2(C)C)c(O)c1. The number of halogens is 1. The van der Waals surface area contributed by atoms with Gasteiger partial charge in [-0.15, -0.1) is 0 Å². The quantitative estimate of drug-likeness (QED) is 0.750. The molecule has 17 heavy (non-hydrogen) atoms. The summed E-state index contributed by atoms with van der Waals surface area (Å²) in [5.41, 5.74) is 2.41. The molecule has 1 aliphatic rings. The molecule has 0 saturated heterocycles. The van der Waals surface area contributed by atoms with Gasteiger partial charge in [-0.25, -0.2) is 0 Å². The molecular formula is C15H21BrO. The summed E-state index contributed by atoms with van der Waals surface area (Å²) >= 11 is 3.80. The Kier molecular flexibility index (Phi) is 3.28. The van der Waals surface area contributed by atoms with Crippen molar-refractivity contribution in [2.45, 2.75) is 44.9 Å². The van der Waals surface area contributed by atoms with Gasteiger partial charge in [0.1, 0.15) is 5.75 Å². The summed E-state index contributed by atoms with van der Waals surface area (Å²) in [5.74, 6) is 1.48. The van der Waals surface area contributed by atoms with Crippen molar-refractivity contribution in [1.82, 2.24) is 0 Å². The second kappa shape index (κ2) is 4.31. The Morgan fingerprint density at radius 1 is 1.35 bits per heavy atom. The van der Waals surface area contributed by atoms with Crippen molar-refractivity contribution in [2.24, 2.45) is 11.3 Å². The Labute approximate surface area is 112 Å². The predicted octanol–water partition coefficient (Wildman–Crippen LogP) is 4.61. The van der Waals surface area contributed by atoms with E-state index in [1.54, 1.807) is 0 Å². The number of hydrogen-bond acceptors (Lipinski definition) is 1. The van der Waals surface area contributed by atoms with E-state index in [9.17, 15) is 5.11 Å². The highest BCUT2D eigenvalue weighted by Crippen LogP contribution is 2.56. The van der Waals surface area contributed by atoms with Gasteiger partial charge < -0.3 is 5.11 Å². The van der Waals surface area contributed by atoms with Crippen molar-refractivity contribution in [1.29, 1.82) is 0 Å². The molecule has 1 aliphatic carbocycles. The van der Waals surface area contributed by atoms with Crippen molar-refractivity contribution >= 4 is 15.9 Å². The fourth-order valence-electron chi connectivity index (χ4n) is 3.32. The Bertz CT molecular complexity index is 425. The molecule has 0 spiro atoms. The van der Waals surface area contributed by atoms with Crippen molar-refractivity contribution in [2.75, 3.05) is 0 Å². The number of alkyl halides is 1. The number of phenols is 1. The van der Waals surface area contributed by atoms with Crippen LogP contribution < -0.4 is 0 Å². The smallest absolute Gasteiger partial charge is 0.119 e. The Morgan fingerprint density at radius 3 is 2.47 bits per heavy atom. The molecule has 1 saturated carbocycles. The highest BCUT2D eigenvalue weighted by molar-refractivity contribution is 9.09. The second-order valence-corrected chi connectivity index (χ2v) is 7.15. The monoisotopic (exact) mass is 296 g/mol. The maximum atomic E-state index is 10.2. The number of hydrogen-bond donors (Lipinski definition) is 1. The lowest BCUT2D eigenvalue weighted by atomic mass is 9.74. The molecule has 1 aromatic carbocycles. The van der Waals surface area contributed by atoms with E-state index in [0.717, 1.165) is 11.1 Å². The van der Waals surface area contributed by atoms with Gasteiger partial charge in [-0.2, -0.15) is 0 Å². The van der Waals surface area contributed by atoms with E-state index < -0.39 is 0 Å². The average molecular weight is 297 g/mol. The fourth-order valence-corrected chi connectivity index (χ4v) is 4.19. The summed E-state index contributed by atoms with van der Waals surface area (Å²) < 4.78 is 0. The van der Waals surface area contributed by atoms with Crippen molar-refractivity contribution < 1.29 is 5.11 Å². The van der Waals surface area contributed by atoms with Gasteiger partial charge in [-0.3, -0.25) is 0 Å². The van der Waals surface area contributed by atoms with Crippen LogP contribution in [0.1, 0.15) is 44.2 Å². The molecule has 94 valence electrons. The molecule has 3 atom stereocenters. The van der Waals surface area contributed by atoms with Crippen LogP contribution in [-0.4, -0.2) is 9.93 Å². The second-order valence-electron chi connectivity index (χ2n) is 6.04. The van der Waals surface area contributed by atoms with Crippen LogP contribution in [0.2, 0.25) is 0 Å². The van der Waals surface area contributed by atoms with Crippen LogP contribution in [0.4, 0.5) is 0 Å². The third-order valence-corrected chi connectivity index (χ3v) is 5.83. The summed E-state index contributed by atoms with van der Waals surface area (Å²) in [4.78, 5) is 0.524. The lowest BCUT2D eigenvalue weighted by Gasteiger charge is -2.32. The number of benzene rings is 1. The summed E-state index contributed by atoms with van der Waals surface area (Å²) in [6.07, 6.45) is 1.17. The fraction of sp³-hybridized carbons (Fsp3) is 0.600. The van der Waals surface area contributed by atoms with E-state index in [2.05, 4.69) is 48.8 Å².